The molecule has 2 aromatic carbocycles. The topological polar surface area (TPSA) is 60.5 Å². The summed E-state index contributed by atoms with van der Waals surface area (Å²) in [6.45, 7) is 7.02. The Hall–Kier alpha value is -2.93. The van der Waals surface area contributed by atoms with Gasteiger partial charge in [0, 0.05) is 31.2 Å². The Morgan fingerprint density at radius 2 is 1.68 bits per heavy atom. The maximum absolute atomic E-state index is 13.4. The zero-order valence-electron chi connectivity index (χ0n) is 20.5. The highest BCUT2D eigenvalue weighted by molar-refractivity contribution is 5.97. The van der Waals surface area contributed by atoms with Gasteiger partial charge in [-0.3, -0.25) is 4.79 Å². The first-order chi connectivity index (χ1) is 16.6. The molecular formula is C27H36N2O5. The molecule has 0 aromatic heterocycles. The molecule has 0 bridgehead atoms. The van der Waals surface area contributed by atoms with E-state index >= 15 is 0 Å². The van der Waals surface area contributed by atoms with Crippen molar-refractivity contribution in [2.24, 2.45) is 0 Å². The monoisotopic (exact) mass is 468 g/mol. The maximum atomic E-state index is 13.4. The molecule has 4 rings (SSSR count). The highest BCUT2D eigenvalue weighted by atomic mass is 16.5. The van der Waals surface area contributed by atoms with E-state index < -0.39 is 0 Å². The van der Waals surface area contributed by atoms with E-state index in [4.69, 9.17) is 18.9 Å². The predicted octanol–water partition coefficient (Wildman–Crippen LogP) is 4.03. The Balaban J connectivity index is 1.28. The number of benzene rings is 2. The number of carbonyl (C=O) groups excluding carboxylic acids is 1. The third-order valence-corrected chi connectivity index (χ3v) is 6.67. The summed E-state index contributed by atoms with van der Waals surface area (Å²) in [6.07, 6.45) is 3.95. The summed E-state index contributed by atoms with van der Waals surface area (Å²) in [7, 11) is 3.23. The number of hydrogen-bond donors (Lipinski definition) is 0. The molecule has 184 valence electrons. The van der Waals surface area contributed by atoms with Gasteiger partial charge in [0.25, 0.3) is 5.91 Å². The standard InChI is InChI=1S/C27H36N2O5/c1-4-33-22-8-10-23(11-9-22)34-16-6-14-28-13-5-7-21(19-28)29-15-12-20-17-25(31-2)26(32-3)18-24(20)27(29)30/h8-11,17-18,21H,4-7,12-16,19H2,1-3H3. The van der Waals surface area contributed by atoms with Crippen LogP contribution in [0.3, 0.4) is 0 Å². The molecule has 1 fully saturated rings. The van der Waals surface area contributed by atoms with E-state index in [1.165, 1.54) is 0 Å². The van der Waals surface area contributed by atoms with Crippen molar-refractivity contribution in [3.05, 3.63) is 47.5 Å². The van der Waals surface area contributed by atoms with Crippen LogP contribution in [0.4, 0.5) is 0 Å². The van der Waals surface area contributed by atoms with Gasteiger partial charge in [-0.25, -0.2) is 0 Å². The average Bonchev–Trinajstić information content (AvgIpc) is 2.87. The molecule has 7 heteroatoms. The van der Waals surface area contributed by atoms with Gasteiger partial charge in [-0.2, -0.15) is 0 Å². The van der Waals surface area contributed by atoms with Crippen molar-refractivity contribution in [1.29, 1.82) is 0 Å². The Morgan fingerprint density at radius 3 is 2.38 bits per heavy atom. The van der Waals surface area contributed by atoms with E-state index in [1.807, 2.05) is 43.3 Å². The Labute approximate surface area is 202 Å². The molecule has 2 heterocycles. The third-order valence-electron chi connectivity index (χ3n) is 6.67. The zero-order chi connectivity index (χ0) is 23.9. The van der Waals surface area contributed by atoms with E-state index in [-0.39, 0.29) is 11.9 Å². The Morgan fingerprint density at radius 1 is 0.971 bits per heavy atom. The van der Waals surface area contributed by atoms with Gasteiger partial charge < -0.3 is 28.7 Å². The molecule has 34 heavy (non-hydrogen) atoms. The van der Waals surface area contributed by atoms with E-state index in [0.29, 0.717) is 24.7 Å². The van der Waals surface area contributed by atoms with Crippen molar-refractivity contribution < 1.29 is 23.7 Å². The molecule has 0 spiro atoms. The van der Waals surface area contributed by atoms with Crippen LogP contribution in [-0.2, 0) is 6.42 Å². The molecule has 2 aliphatic heterocycles. The van der Waals surface area contributed by atoms with Gasteiger partial charge in [0.05, 0.1) is 27.4 Å². The number of hydrogen-bond acceptors (Lipinski definition) is 6. The minimum Gasteiger partial charge on any atom is -0.494 e. The van der Waals surface area contributed by atoms with Gasteiger partial charge in [-0.1, -0.05) is 0 Å². The number of nitrogens with zero attached hydrogens (tertiary/aromatic N) is 2. The molecule has 0 aliphatic carbocycles. The number of likely N-dealkylation sites (tertiary alicyclic amines) is 1. The predicted molar refractivity (Wildman–Crippen MR) is 131 cm³/mol. The minimum atomic E-state index is 0.105. The van der Waals surface area contributed by atoms with Gasteiger partial charge in [0.2, 0.25) is 0 Å². The number of methoxy groups -OCH3 is 2. The highest BCUT2D eigenvalue weighted by Crippen LogP contribution is 2.34. The van der Waals surface area contributed by atoms with Crippen LogP contribution in [-0.4, -0.2) is 75.4 Å². The number of ether oxygens (including phenoxy) is 4. The molecule has 0 N–H and O–H groups in total. The second kappa shape index (κ2) is 11.5. The van der Waals surface area contributed by atoms with E-state index in [9.17, 15) is 4.79 Å². The van der Waals surface area contributed by atoms with Crippen LogP contribution < -0.4 is 18.9 Å². The Kier molecular flexibility index (Phi) is 8.16. The van der Waals surface area contributed by atoms with Crippen LogP contribution in [0.15, 0.2) is 36.4 Å². The fourth-order valence-electron chi connectivity index (χ4n) is 4.94. The largest absolute Gasteiger partial charge is 0.494 e. The molecule has 7 nitrogen and oxygen atoms in total. The first-order valence-electron chi connectivity index (χ1n) is 12.3. The van der Waals surface area contributed by atoms with E-state index in [1.54, 1.807) is 14.2 Å². The van der Waals surface area contributed by atoms with Crippen LogP contribution >= 0.6 is 0 Å². The van der Waals surface area contributed by atoms with Crippen molar-refractivity contribution in [3.63, 3.8) is 0 Å². The lowest BCUT2D eigenvalue weighted by atomic mass is 9.94. The van der Waals surface area contributed by atoms with Gasteiger partial charge >= 0.3 is 0 Å². The minimum absolute atomic E-state index is 0.105. The Bertz CT molecular complexity index is 962. The number of carbonyl (C=O) groups is 1. The van der Waals surface area contributed by atoms with Crippen molar-refractivity contribution >= 4 is 5.91 Å². The molecule has 1 unspecified atom stereocenters. The lowest BCUT2D eigenvalue weighted by Gasteiger charge is -2.41. The van der Waals surface area contributed by atoms with E-state index in [2.05, 4.69) is 9.80 Å². The van der Waals surface area contributed by atoms with Gasteiger partial charge in [-0.05, 0) is 81.1 Å². The summed E-state index contributed by atoms with van der Waals surface area (Å²) < 4.78 is 22.2. The van der Waals surface area contributed by atoms with Crippen LogP contribution in [0.25, 0.3) is 0 Å². The molecule has 1 saturated heterocycles. The van der Waals surface area contributed by atoms with Crippen LogP contribution in [0.5, 0.6) is 23.0 Å². The van der Waals surface area contributed by atoms with E-state index in [0.717, 1.165) is 74.5 Å². The summed E-state index contributed by atoms with van der Waals surface area (Å²) in [6, 6.07) is 11.8. The number of piperidine rings is 1. The first kappa shape index (κ1) is 24.2. The summed E-state index contributed by atoms with van der Waals surface area (Å²) in [5.41, 5.74) is 1.78. The first-order valence-corrected chi connectivity index (χ1v) is 12.3. The fourth-order valence-corrected chi connectivity index (χ4v) is 4.94. The summed E-state index contributed by atoms with van der Waals surface area (Å²) in [4.78, 5) is 17.9. The molecule has 0 saturated carbocycles. The normalized spacial score (nSPS) is 18.4. The fraction of sp³-hybridized carbons (Fsp3) is 0.519. The second-order valence-electron chi connectivity index (χ2n) is 8.82. The van der Waals surface area contributed by atoms with Gasteiger partial charge in [0.15, 0.2) is 11.5 Å². The molecule has 0 radical (unpaired) electrons. The number of fused-ring (bicyclic) bond motifs is 1. The number of rotatable bonds is 10. The number of amides is 1. The van der Waals surface area contributed by atoms with Crippen molar-refractivity contribution in [3.8, 4) is 23.0 Å². The van der Waals surface area contributed by atoms with Crippen molar-refractivity contribution in [1.82, 2.24) is 9.80 Å². The highest BCUT2D eigenvalue weighted by Gasteiger charge is 2.33. The molecular weight excluding hydrogens is 432 g/mol. The van der Waals surface area contributed by atoms with Gasteiger partial charge in [-0.15, -0.1) is 0 Å². The van der Waals surface area contributed by atoms with Gasteiger partial charge in [0.1, 0.15) is 11.5 Å². The van der Waals surface area contributed by atoms with Crippen LogP contribution in [0, 0.1) is 0 Å². The molecule has 2 aromatic rings. The molecule has 1 atom stereocenters. The third kappa shape index (κ3) is 5.58. The van der Waals surface area contributed by atoms with Crippen LogP contribution in [0.1, 0.15) is 42.1 Å². The van der Waals surface area contributed by atoms with Crippen molar-refractivity contribution in [2.75, 3.05) is 53.6 Å². The lowest BCUT2D eigenvalue weighted by molar-refractivity contribution is 0.0517. The SMILES string of the molecule is CCOc1ccc(OCCCN2CCCC(N3CCc4cc(OC)c(OC)cc4C3=O)C2)cc1. The summed E-state index contributed by atoms with van der Waals surface area (Å²) in [5, 5.41) is 0. The smallest absolute Gasteiger partial charge is 0.254 e. The summed E-state index contributed by atoms with van der Waals surface area (Å²) in [5.74, 6) is 3.12. The van der Waals surface area contributed by atoms with Crippen LogP contribution in [0.2, 0.25) is 0 Å². The average molecular weight is 469 g/mol. The second-order valence-corrected chi connectivity index (χ2v) is 8.82. The molecule has 2 aliphatic rings. The quantitative estimate of drug-likeness (QED) is 0.491. The zero-order valence-corrected chi connectivity index (χ0v) is 20.5. The maximum Gasteiger partial charge on any atom is 0.254 e. The molecule has 1 amide bonds. The lowest BCUT2D eigenvalue weighted by Crippen LogP contribution is -2.52. The summed E-state index contributed by atoms with van der Waals surface area (Å²) >= 11 is 0. The van der Waals surface area contributed by atoms with Crippen molar-refractivity contribution in [2.45, 2.75) is 38.6 Å².